The van der Waals surface area contributed by atoms with Crippen LogP contribution >= 0.6 is 0 Å². The molecule has 2 N–H and O–H groups in total. The van der Waals surface area contributed by atoms with E-state index in [4.69, 9.17) is 5.73 Å². The van der Waals surface area contributed by atoms with Crippen molar-refractivity contribution in [2.45, 2.75) is 25.8 Å². The topological polar surface area (TPSA) is 47.1 Å². The molecule has 0 bridgehead atoms. The van der Waals surface area contributed by atoms with Gasteiger partial charge in [-0.1, -0.05) is 6.92 Å². The number of hydrogen-bond acceptors (Lipinski definition) is 3. The molecule has 1 aromatic rings. The highest BCUT2D eigenvalue weighted by Gasteiger charge is 2.24. The molecule has 0 radical (unpaired) electrons. The van der Waals surface area contributed by atoms with Crippen LogP contribution in [-0.4, -0.2) is 34.3 Å². The first-order valence-corrected chi connectivity index (χ1v) is 6.13. The molecule has 16 heavy (non-hydrogen) atoms. The van der Waals surface area contributed by atoms with Crippen LogP contribution < -0.4 is 5.73 Å². The summed E-state index contributed by atoms with van der Waals surface area (Å²) in [5, 5.41) is 4.23. The van der Waals surface area contributed by atoms with Gasteiger partial charge in [-0.3, -0.25) is 9.58 Å². The average Bonchev–Trinajstić information content (AvgIpc) is 2.66. The van der Waals surface area contributed by atoms with Gasteiger partial charge in [0.05, 0.1) is 12.2 Å². The van der Waals surface area contributed by atoms with Crippen molar-refractivity contribution in [1.82, 2.24) is 14.7 Å². The molecule has 0 spiro atoms. The maximum absolute atomic E-state index is 5.91. The van der Waals surface area contributed by atoms with Crippen molar-refractivity contribution in [2.75, 3.05) is 19.6 Å². The Hall–Kier alpha value is -0.870. The summed E-state index contributed by atoms with van der Waals surface area (Å²) in [5.74, 6) is 0.791. The van der Waals surface area contributed by atoms with E-state index in [2.05, 4.69) is 23.1 Å². The lowest BCUT2D eigenvalue weighted by Gasteiger charge is -2.36. The molecule has 2 unspecified atom stereocenters. The van der Waals surface area contributed by atoms with E-state index in [0.29, 0.717) is 12.6 Å². The van der Waals surface area contributed by atoms with Gasteiger partial charge in [-0.2, -0.15) is 5.10 Å². The zero-order valence-electron chi connectivity index (χ0n) is 10.3. The fourth-order valence-corrected chi connectivity index (χ4v) is 2.62. The summed E-state index contributed by atoms with van der Waals surface area (Å²) in [7, 11) is 1.95. The molecule has 2 heterocycles. The summed E-state index contributed by atoms with van der Waals surface area (Å²) >= 11 is 0. The van der Waals surface area contributed by atoms with Crippen LogP contribution in [0, 0.1) is 5.92 Å². The summed E-state index contributed by atoms with van der Waals surface area (Å²) in [6, 6.07) is 0.344. The third kappa shape index (κ3) is 2.44. The van der Waals surface area contributed by atoms with Crippen LogP contribution in [-0.2, 0) is 7.05 Å². The Bertz CT molecular complexity index is 334. The predicted octanol–water partition coefficient (Wildman–Crippen LogP) is 1.15. The van der Waals surface area contributed by atoms with Crippen LogP contribution in [0.5, 0.6) is 0 Å². The molecule has 1 fully saturated rings. The second-order valence-corrected chi connectivity index (χ2v) is 4.94. The molecule has 1 aromatic heterocycles. The summed E-state index contributed by atoms with van der Waals surface area (Å²) in [5.41, 5.74) is 7.16. The van der Waals surface area contributed by atoms with E-state index in [1.54, 1.807) is 0 Å². The van der Waals surface area contributed by atoms with Crippen LogP contribution in [0.1, 0.15) is 31.4 Å². The molecule has 2 rings (SSSR count). The van der Waals surface area contributed by atoms with E-state index < -0.39 is 0 Å². The Labute approximate surface area is 97.4 Å². The van der Waals surface area contributed by atoms with Crippen molar-refractivity contribution in [3.63, 3.8) is 0 Å². The van der Waals surface area contributed by atoms with Crippen LogP contribution in [0.3, 0.4) is 0 Å². The van der Waals surface area contributed by atoms with Gasteiger partial charge in [0.2, 0.25) is 0 Å². The molecule has 0 saturated carbocycles. The summed E-state index contributed by atoms with van der Waals surface area (Å²) in [6.07, 6.45) is 6.66. The molecular weight excluding hydrogens is 200 g/mol. The Morgan fingerprint density at radius 3 is 3.00 bits per heavy atom. The first-order valence-electron chi connectivity index (χ1n) is 6.13. The molecule has 0 aliphatic carbocycles. The maximum Gasteiger partial charge on any atom is 0.0538 e. The lowest BCUT2D eigenvalue weighted by molar-refractivity contribution is 0.133. The molecule has 1 aliphatic heterocycles. The normalized spacial score (nSPS) is 24.6. The summed E-state index contributed by atoms with van der Waals surface area (Å²) in [6.45, 7) is 5.33. The van der Waals surface area contributed by atoms with E-state index in [9.17, 15) is 0 Å². The lowest BCUT2D eigenvalue weighted by Crippen LogP contribution is -2.40. The van der Waals surface area contributed by atoms with E-state index in [1.165, 1.54) is 24.9 Å². The highest BCUT2D eigenvalue weighted by Crippen LogP contribution is 2.25. The van der Waals surface area contributed by atoms with Crippen LogP contribution in [0.4, 0.5) is 0 Å². The number of piperidine rings is 1. The molecule has 90 valence electrons. The molecule has 1 aliphatic rings. The Morgan fingerprint density at radius 2 is 2.44 bits per heavy atom. The van der Waals surface area contributed by atoms with E-state index in [-0.39, 0.29) is 0 Å². The molecule has 4 heteroatoms. The minimum atomic E-state index is 0.344. The molecule has 1 saturated heterocycles. The summed E-state index contributed by atoms with van der Waals surface area (Å²) in [4.78, 5) is 2.51. The standard InChI is InChI=1S/C12H22N4/c1-10-4-3-5-16(8-10)12(6-13)11-7-14-15(2)9-11/h7,9-10,12H,3-6,8,13H2,1-2H3. The van der Waals surface area contributed by atoms with Crippen LogP contribution in [0.2, 0.25) is 0 Å². The number of nitrogens with zero attached hydrogens (tertiary/aromatic N) is 3. The second kappa shape index (κ2) is 4.97. The SMILES string of the molecule is CC1CCCN(C(CN)c2cnn(C)c2)C1. The highest BCUT2D eigenvalue weighted by molar-refractivity contribution is 5.11. The molecule has 2 atom stereocenters. The molecular formula is C12H22N4. The van der Waals surface area contributed by atoms with Crippen molar-refractivity contribution in [3.05, 3.63) is 18.0 Å². The Balaban J connectivity index is 2.09. The second-order valence-electron chi connectivity index (χ2n) is 4.94. The zero-order valence-corrected chi connectivity index (χ0v) is 10.3. The number of nitrogens with two attached hydrogens (primary N) is 1. The largest absolute Gasteiger partial charge is 0.329 e. The molecule has 0 amide bonds. The number of rotatable bonds is 3. The first kappa shape index (κ1) is 11.6. The van der Waals surface area contributed by atoms with Crippen LogP contribution in [0.15, 0.2) is 12.4 Å². The van der Waals surface area contributed by atoms with Crippen molar-refractivity contribution in [1.29, 1.82) is 0 Å². The number of aryl methyl sites for hydroxylation is 1. The van der Waals surface area contributed by atoms with Gasteiger partial charge in [0.15, 0.2) is 0 Å². The van der Waals surface area contributed by atoms with Gasteiger partial charge < -0.3 is 5.73 Å². The average molecular weight is 222 g/mol. The molecule has 4 nitrogen and oxygen atoms in total. The minimum absolute atomic E-state index is 0.344. The lowest BCUT2D eigenvalue weighted by atomic mass is 9.97. The first-order chi connectivity index (χ1) is 7.70. The van der Waals surface area contributed by atoms with Gasteiger partial charge >= 0.3 is 0 Å². The maximum atomic E-state index is 5.91. The zero-order chi connectivity index (χ0) is 11.5. The smallest absolute Gasteiger partial charge is 0.0538 e. The van der Waals surface area contributed by atoms with Crippen molar-refractivity contribution in [3.8, 4) is 0 Å². The fourth-order valence-electron chi connectivity index (χ4n) is 2.62. The van der Waals surface area contributed by atoms with Gasteiger partial charge in [-0.25, -0.2) is 0 Å². The fraction of sp³-hybridized carbons (Fsp3) is 0.750. The molecule has 0 aromatic carbocycles. The van der Waals surface area contributed by atoms with Gasteiger partial charge in [-0.05, 0) is 25.3 Å². The number of aromatic nitrogens is 2. The van der Waals surface area contributed by atoms with Crippen molar-refractivity contribution < 1.29 is 0 Å². The van der Waals surface area contributed by atoms with Gasteiger partial charge in [-0.15, -0.1) is 0 Å². The highest BCUT2D eigenvalue weighted by atomic mass is 15.3. The van der Waals surface area contributed by atoms with Crippen molar-refractivity contribution in [2.24, 2.45) is 18.7 Å². The van der Waals surface area contributed by atoms with Gasteiger partial charge in [0.1, 0.15) is 0 Å². The van der Waals surface area contributed by atoms with Crippen molar-refractivity contribution >= 4 is 0 Å². The number of likely N-dealkylation sites (tertiary alicyclic amines) is 1. The minimum Gasteiger partial charge on any atom is -0.329 e. The van der Waals surface area contributed by atoms with Crippen LogP contribution in [0.25, 0.3) is 0 Å². The van der Waals surface area contributed by atoms with Gasteiger partial charge in [0.25, 0.3) is 0 Å². The Morgan fingerprint density at radius 1 is 1.62 bits per heavy atom. The predicted molar refractivity (Wildman–Crippen MR) is 65.0 cm³/mol. The quantitative estimate of drug-likeness (QED) is 0.834. The third-order valence-electron chi connectivity index (χ3n) is 3.46. The van der Waals surface area contributed by atoms with E-state index in [0.717, 1.165) is 12.5 Å². The third-order valence-corrected chi connectivity index (χ3v) is 3.46. The number of hydrogen-bond donors (Lipinski definition) is 1. The monoisotopic (exact) mass is 222 g/mol. The van der Waals surface area contributed by atoms with E-state index >= 15 is 0 Å². The van der Waals surface area contributed by atoms with Gasteiger partial charge in [0, 0.05) is 31.9 Å². The van der Waals surface area contributed by atoms with E-state index in [1.807, 2.05) is 17.9 Å². The Kier molecular flexibility index (Phi) is 3.61. The summed E-state index contributed by atoms with van der Waals surface area (Å²) < 4.78 is 1.85.